The maximum Gasteiger partial charge on any atom is 0.230 e. The smallest absolute Gasteiger partial charge is 0.230 e. The molecule has 0 unspecified atom stereocenters. The quantitative estimate of drug-likeness (QED) is 0.705. The van der Waals surface area contributed by atoms with Crippen LogP contribution in [-0.2, 0) is 11.3 Å². The molecule has 7 heteroatoms. The fraction of sp³-hybridized carbons (Fsp3) is 0.278. The number of rotatable bonds is 8. The second-order valence-electron chi connectivity index (χ2n) is 5.05. The molecule has 2 rings (SSSR count). The number of amides is 1. The number of methoxy groups -OCH3 is 3. The van der Waals surface area contributed by atoms with Gasteiger partial charge < -0.3 is 19.5 Å². The van der Waals surface area contributed by atoms with Gasteiger partial charge in [0.2, 0.25) is 11.7 Å². The zero-order chi connectivity index (χ0) is 18.2. The Labute approximate surface area is 156 Å². The van der Waals surface area contributed by atoms with Crippen LogP contribution in [0.5, 0.6) is 17.2 Å². The van der Waals surface area contributed by atoms with Crippen molar-refractivity contribution in [1.82, 2.24) is 5.32 Å². The highest BCUT2D eigenvalue weighted by Gasteiger charge is 2.13. The van der Waals surface area contributed by atoms with Crippen LogP contribution in [0.4, 0.5) is 0 Å². The number of hydrogen-bond acceptors (Lipinski definition) is 5. The van der Waals surface area contributed by atoms with E-state index in [1.807, 2.05) is 24.3 Å². The molecule has 0 aliphatic carbocycles. The van der Waals surface area contributed by atoms with Crippen molar-refractivity contribution in [3.63, 3.8) is 0 Å². The lowest BCUT2D eigenvalue weighted by Gasteiger charge is -2.14. The standard InChI is InChI=1S/C18H20ClNO4S/c1-22-15-8-12(9-16(23-2)18(15)24-3)10-20-17(21)11-25-14-6-4-13(19)5-7-14/h4-9H,10-11H2,1-3H3,(H,20,21). The number of benzene rings is 2. The van der Waals surface area contributed by atoms with Crippen LogP contribution in [0.2, 0.25) is 5.02 Å². The van der Waals surface area contributed by atoms with Crippen molar-refractivity contribution in [3.05, 3.63) is 47.0 Å². The molecule has 0 aliphatic heterocycles. The minimum atomic E-state index is -0.0614. The normalized spacial score (nSPS) is 10.2. The molecular formula is C18H20ClNO4S. The predicted molar refractivity (Wildman–Crippen MR) is 100 cm³/mol. The number of hydrogen-bond donors (Lipinski definition) is 1. The summed E-state index contributed by atoms with van der Waals surface area (Å²) in [6.07, 6.45) is 0. The minimum Gasteiger partial charge on any atom is -0.493 e. The van der Waals surface area contributed by atoms with E-state index in [1.165, 1.54) is 11.8 Å². The Hall–Kier alpha value is -2.05. The summed E-state index contributed by atoms with van der Waals surface area (Å²) in [7, 11) is 4.67. The molecule has 0 atom stereocenters. The van der Waals surface area contributed by atoms with Crippen LogP contribution in [0.15, 0.2) is 41.3 Å². The molecule has 0 spiro atoms. The van der Waals surface area contributed by atoms with E-state index in [0.29, 0.717) is 34.6 Å². The number of carbonyl (C=O) groups is 1. The Morgan fingerprint density at radius 3 is 2.16 bits per heavy atom. The van der Waals surface area contributed by atoms with Gasteiger partial charge in [0, 0.05) is 16.5 Å². The first kappa shape index (κ1) is 19.3. The van der Waals surface area contributed by atoms with Gasteiger partial charge in [0.25, 0.3) is 0 Å². The Morgan fingerprint density at radius 2 is 1.64 bits per heavy atom. The van der Waals surface area contributed by atoms with Crippen molar-refractivity contribution in [1.29, 1.82) is 0 Å². The van der Waals surface area contributed by atoms with Crippen molar-refractivity contribution in [3.8, 4) is 17.2 Å². The zero-order valence-electron chi connectivity index (χ0n) is 14.3. The third kappa shape index (κ3) is 5.47. The summed E-state index contributed by atoms with van der Waals surface area (Å²) < 4.78 is 15.9. The van der Waals surface area contributed by atoms with Gasteiger partial charge in [-0.15, -0.1) is 11.8 Å². The lowest BCUT2D eigenvalue weighted by molar-refractivity contribution is -0.118. The van der Waals surface area contributed by atoms with Gasteiger partial charge in [-0.25, -0.2) is 0 Å². The SMILES string of the molecule is COc1cc(CNC(=O)CSc2ccc(Cl)cc2)cc(OC)c1OC. The van der Waals surface area contributed by atoms with E-state index in [4.69, 9.17) is 25.8 Å². The number of ether oxygens (including phenoxy) is 3. The Morgan fingerprint density at radius 1 is 1.04 bits per heavy atom. The molecule has 0 aromatic heterocycles. The molecule has 0 fully saturated rings. The van der Waals surface area contributed by atoms with Gasteiger partial charge in [-0.3, -0.25) is 4.79 Å². The van der Waals surface area contributed by atoms with Crippen molar-refractivity contribution >= 4 is 29.3 Å². The molecule has 1 N–H and O–H groups in total. The van der Waals surface area contributed by atoms with E-state index in [1.54, 1.807) is 33.5 Å². The van der Waals surface area contributed by atoms with E-state index >= 15 is 0 Å². The molecule has 0 aliphatic rings. The highest BCUT2D eigenvalue weighted by molar-refractivity contribution is 8.00. The van der Waals surface area contributed by atoms with Gasteiger partial charge in [-0.05, 0) is 42.0 Å². The number of nitrogens with one attached hydrogen (secondary N) is 1. The summed E-state index contributed by atoms with van der Waals surface area (Å²) in [6, 6.07) is 11.0. The molecule has 1 amide bonds. The zero-order valence-corrected chi connectivity index (χ0v) is 15.9. The third-order valence-electron chi connectivity index (χ3n) is 3.40. The van der Waals surface area contributed by atoms with Gasteiger partial charge >= 0.3 is 0 Å². The molecule has 2 aromatic rings. The van der Waals surface area contributed by atoms with Crippen molar-refractivity contribution in [2.75, 3.05) is 27.1 Å². The van der Waals surface area contributed by atoms with Gasteiger partial charge in [-0.2, -0.15) is 0 Å². The first-order valence-corrected chi connectivity index (χ1v) is 8.87. The maximum absolute atomic E-state index is 12.0. The maximum atomic E-state index is 12.0. The largest absolute Gasteiger partial charge is 0.493 e. The van der Waals surface area contributed by atoms with Gasteiger partial charge in [0.05, 0.1) is 27.1 Å². The van der Waals surface area contributed by atoms with Crippen molar-refractivity contribution < 1.29 is 19.0 Å². The average Bonchev–Trinajstić information content (AvgIpc) is 2.64. The van der Waals surface area contributed by atoms with E-state index in [2.05, 4.69) is 5.32 Å². The van der Waals surface area contributed by atoms with Crippen molar-refractivity contribution in [2.24, 2.45) is 0 Å². The molecule has 0 bridgehead atoms. The monoisotopic (exact) mass is 381 g/mol. The van der Waals surface area contributed by atoms with Gasteiger partial charge in [0.15, 0.2) is 11.5 Å². The molecule has 25 heavy (non-hydrogen) atoms. The van der Waals surface area contributed by atoms with Gasteiger partial charge in [-0.1, -0.05) is 11.6 Å². The summed E-state index contributed by atoms with van der Waals surface area (Å²) in [4.78, 5) is 13.0. The fourth-order valence-corrected chi connectivity index (χ4v) is 3.02. The molecular weight excluding hydrogens is 362 g/mol. The van der Waals surface area contributed by atoms with Gasteiger partial charge in [0.1, 0.15) is 0 Å². The van der Waals surface area contributed by atoms with Crippen molar-refractivity contribution in [2.45, 2.75) is 11.4 Å². The van der Waals surface area contributed by atoms with Crippen LogP contribution in [0.25, 0.3) is 0 Å². The molecule has 2 aromatic carbocycles. The fourth-order valence-electron chi connectivity index (χ4n) is 2.17. The average molecular weight is 382 g/mol. The molecule has 0 saturated carbocycles. The van der Waals surface area contributed by atoms with Crippen LogP contribution < -0.4 is 19.5 Å². The topological polar surface area (TPSA) is 56.8 Å². The van der Waals surface area contributed by atoms with Crippen LogP contribution in [0, 0.1) is 0 Å². The van der Waals surface area contributed by atoms with E-state index in [0.717, 1.165) is 10.5 Å². The second kappa shape index (κ2) is 9.44. The van der Waals surface area contributed by atoms with Crippen LogP contribution >= 0.6 is 23.4 Å². The summed E-state index contributed by atoms with van der Waals surface area (Å²) in [6.45, 7) is 0.372. The summed E-state index contributed by atoms with van der Waals surface area (Å²) in [5, 5.41) is 3.56. The third-order valence-corrected chi connectivity index (χ3v) is 4.66. The summed E-state index contributed by atoms with van der Waals surface area (Å²) in [5.41, 5.74) is 0.861. The highest BCUT2D eigenvalue weighted by atomic mass is 35.5. The molecule has 0 radical (unpaired) electrons. The Kier molecular flexibility index (Phi) is 7.28. The molecule has 0 saturated heterocycles. The second-order valence-corrected chi connectivity index (χ2v) is 6.54. The highest BCUT2D eigenvalue weighted by Crippen LogP contribution is 2.38. The lowest BCUT2D eigenvalue weighted by atomic mass is 10.2. The summed E-state index contributed by atoms with van der Waals surface area (Å²) in [5.74, 6) is 1.90. The minimum absolute atomic E-state index is 0.0614. The molecule has 5 nitrogen and oxygen atoms in total. The number of thioether (sulfide) groups is 1. The first-order valence-electron chi connectivity index (χ1n) is 7.51. The van der Waals surface area contributed by atoms with Crippen LogP contribution in [-0.4, -0.2) is 33.0 Å². The summed E-state index contributed by atoms with van der Waals surface area (Å²) >= 11 is 7.30. The molecule has 0 heterocycles. The Balaban J connectivity index is 1.93. The molecule has 134 valence electrons. The lowest BCUT2D eigenvalue weighted by Crippen LogP contribution is -2.24. The number of carbonyl (C=O) groups excluding carboxylic acids is 1. The first-order chi connectivity index (χ1) is 12.1. The van der Waals surface area contributed by atoms with E-state index < -0.39 is 0 Å². The van der Waals surface area contributed by atoms with E-state index in [-0.39, 0.29) is 5.91 Å². The predicted octanol–water partition coefficient (Wildman–Crippen LogP) is 3.77. The van der Waals surface area contributed by atoms with Crippen LogP contribution in [0.1, 0.15) is 5.56 Å². The van der Waals surface area contributed by atoms with E-state index in [9.17, 15) is 4.79 Å². The Bertz CT molecular complexity index is 697. The number of halogens is 1. The van der Waals surface area contributed by atoms with Crippen LogP contribution in [0.3, 0.4) is 0 Å².